The molecule has 5 nitrogen and oxygen atoms in total. The van der Waals surface area contributed by atoms with Gasteiger partial charge in [0.2, 0.25) is 0 Å². The highest BCUT2D eigenvalue weighted by atomic mass is 15.3. The third-order valence-electron chi connectivity index (χ3n) is 1.94. The van der Waals surface area contributed by atoms with Gasteiger partial charge in [0.15, 0.2) is 5.96 Å². The van der Waals surface area contributed by atoms with Gasteiger partial charge in [-0.15, -0.1) is 0 Å². The van der Waals surface area contributed by atoms with Gasteiger partial charge in [-0.2, -0.15) is 5.10 Å². The second kappa shape index (κ2) is 3.08. The van der Waals surface area contributed by atoms with Crippen molar-refractivity contribution in [3.8, 4) is 0 Å². The van der Waals surface area contributed by atoms with E-state index in [0.717, 1.165) is 30.4 Å². The van der Waals surface area contributed by atoms with Crippen LogP contribution in [-0.4, -0.2) is 28.8 Å². The van der Waals surface area contributed by atoms with E-state index in [1.54, 1.807) is 4.68 Å². The van der Waals surface area contributed by atoms with Gasteiger partial charge in [0.05, 0.1) is 17.9 Å². The second-order valence-electron chi connectivity index (χ2n) is 3.08. The molecule has 1 aromatic heterocycles. The van der Waals surface area contributed by atoms with Crippen LogP contribution in [0.4, 0.5) is 5.69 Å². The Morgan fingerprint density at radius 2 is 2.46 bits per heavy atom. The highest BCUT2D eigenvalue weighted by molar-refractivity contribution is 5.94. The predicted molar refractivity (Wildman–Crippen MR) is 51.9 cm³/mol. The van der Waals surface area contributed by atoms with Crippen molar-refractivity contribution in [1.82, 2.24) is 15.1 Å². The Balaban J connectivity index is 2.12. The smallest absolute Gasteiger partial charge is 0.196 e. The molecule has 13 heavy (non-hydrogen) atoms. The molecule has 0 bridgehead atoms. The molecular formula is C8H13N5. The van der Waals surface area contributed by atoms with Crippen molar-refractivity contribution in [2.24, 2.45) is 12.0 Å². The summed E-state index contributed by atoms with van der Waals surface area (Å²) in [5.74, 6) is 0.844. The number of aromatic nitrogens is 2. The Labute approximate surface area is 76.9 Å². The van der Waals surface area contributed by atoms with Crippen LogP contribution in [0.5, 0.6) is 0 Å². The van der Waals surface area contributed by atoms with Crippen molar-refractivity contribution in [3.63, 3.8) is 0 Å². The molecule has 0 fully saturated rings. The van der Waals surface area contributed by atoms with E-state index in [2.05, 4.69) is 20.7 Å². The highest BCUT2D eigenvalue weighted by Crippen LogP contribution is 2.11. The SMILES string of the molecule is Cc1nn(C)cc1NC1=NCCN1. The molecule has 0 radical (unpaired) electrons. The van der Waals surface area contributed by atoms with Crippen LogP contribution in [0.15, 0.2) is 11.2 Å². The molecule has 2 rings (SSSR count). The Bertz CT molecular complexity index is 338. The number of hydrogen-bond donors (Lipinski definition) is 2. The predicted octanol–water partition coefficient (Wildman–Crippen LogP) is 0.0996. The maximum atomic E-state index is 4.24. The monoisotopic (exact) mass is 179 g/mol. The Morgan fingerprint density at radius 3 is 3.00 bits per heavy atom. The molecule has 1 aromatic rings. The van der Waals surface area contributed by atoms with Gasteiger partial charge < -0.3 is 10.6 Å². The summed E-state index contributed by atoms with van der Waals surface area (Å²) in [5, 5.41) is 10.6. The van der Waals surface area contributed by atoms with Crippen molar-refractivity contribution in [2.45, 2.75) is 6.92 Å². The van der Waals surface area contributed by atoms with Crippen molar-refractivity contribution < 1.29 is 0 Å². The first-order valence-corrected chi connectivity index (χ1v) is 4.31. The third kappa shape index (κ3) is 1.63. The number of nitrogens with one attached hydrogen (secondary N) is 2. The van der Waals surface area contributed by atoms with Crippen molar-refractivity contribution in [2.75, 3.05) is 18.4 Å². The van der Waals surface area contributed by atoms with Crippen molar-refractivity contribution in [3.05, 3.63) is 11.9 Å². The minimum absolute atomic E-state index is 0.844. The molecule has 0 unspecified atom stereocenters. The Hall–Kier alpha value is -1.52. The fourth-order valence-electron chi connectivity index (χ4n) is 1.33. The van der Waals surface area contributed by atoms with Gasteiger partial charge in [0.25, 0.3) is 0 Å². The van der Waals surface area contributed by atoms with Gasteiger partial charge in [-0.25, -0.2) is 0 Å². The summed E-state index contributed by atoms with van der Waals surface area (Å²) in [6.07, 6.45) is 1.94. The van der Waals surface area contributed by atoms with Crippen LogP contribution >= 0.6 is 0 Å². The maximum Gasteiger partial charge on any atom is 0.196 e. The summed E-state index contributed by atoms with van der Waals surface area (Å²) in [4.78, 5) is 4.24. The lowest BCUT2D eigenvalue weighted by Gasteiger charge is -2.03. The van der Waals surface area contributed by atoms with Crippen LogP contribution in [0, 0.1) is 6.92 Å². The first kappa shape index (κ1) is 8.10. The van der Waals surface area contributed by atoms with Crippen molar-refractivity contribution in [1.29, 1.82) is 0 Å². The summed E-state index contributed by atoms with van der Waals surface area (Å²) >= 11 is 0. The summed E-state index contributed by atoms with van der Waals surface area (Å²) < 4.78 is 1.78. The number of rotatable bonds is 1. The molecule has 0 saturated heterocycles. The van der Waals surface area contributed by atoms with Crippen LogP contribution in [0.1, 0.15) is 5.69 Å². The highest BCUT2D eigenvalue weighted by Gasteiger charge is 2.08. The van der Waals surface area contributed by atoms with Gasteiger partial charge in [-0.05, 0) is 6.92 Å². The lowest BCUT2D eigenvalue weighted by molar-refractivity contribution is 0.756. The molecule has 2 heterocycles. The lowest BCUT2D eigenvalue weighted by atomic mass is 10.4. The van der Waals surface area contributed by atoms with Gasteiger partial charge in [-0.3, -0.25) is 9.67 Å². The van der Waals surface area contributed by atoms with E-state index in [-0.39, 0.29) is 0 Å². The molecule has 0 aromatic carbocycles. The van der Waals surface area contributed by atoms with Crippen LogP contribution in [0.2, 0.25) is 0 Å². The van der Waals surface area contributed by atoms with E-state index < -0.39 is 0 Å². The quantitative estimate of drug-likeness (QED) is 0.643. The molecule has 0 amide bonds. The zero-order chi connectivity index (χ0) is 9.26. The first-order chi connectivity index (χ1) is 6.25. The molecule has 0 spiro atoms. The number of hydrogen-bond acceptors (Lipinski definition) is 4. The first-order valence-electron chi connectivity index (χ1n) is 4.31. The number of aryl methyl sites for hydroxylation is 2. The fourth-order valence-corrected chi connectivity index (χ4v) is 1.33. The van der Waals surface area contributed by atoms with Crippen LogP contribution < -0.4 is 10.6 Å². The summed E-state index contributed by atoms with van der Waals surface area (Å²) in [6, 6.07) is 0. The number of aliphatic imine (C=N–C) groups is 1. The Kier molecular flexibility index (Phi) is 1.92. The average molecular weight is 179 g/mol. The minimum atomic E-state index is 0.844. The van der Waals surface area contributed by atoms with Crippen molar-refractivity contribution >= 4 is 11.6 Å². The average Bonchev–Trinajstić information content (AvgIpc) is 2.63. The van der Waals surface area contributed by atoms with E-state index in [4.69, 9.17) is 0 Å². The molecule has 0 saturated carbocycles. The molecule has 2 N–H and O–H groups in total. The standard InChI is InChI=1S/C8H13N5/c1-6-7(5-13(2)12-6)11-8-9-3-4-10-8/h5H,3-4H2,1-2H3,(H2,9,10,11). The number of guanidine groups is 1. The van der Waals surface area contributed by atoms with Gasteiger partial charge >= 0.3 is 0 Å². The number of anilines is 1. The zero-order valence-electron chi connectivity index (χ0n) is 7.83. The summed E-state index contributed by atoms with van der Waals surface area (Å²) in [5.41, 5.74) is 1.99. The molecule has 1 aliphatic heterocycles. The third-order valence-corrected chi connectivity index (χ3v) is 1.94. The van der Waals surface area contributed by atoms with E-state index >= 15 is 0 Å². The molecule has 1 aliphatic rings. The largest absolute Gasteiger partial charge is 0.354 e. The van der Waals surface area contributed by atoms with Gasteiger partial charge in [-0.1, -0.05) is 0 Å². The molecular weight excluding hydrogens is 166 g/mol. The van der Waals surface area contributed by atoms with Gasteiger partial charge in [0, 0.05) is 19.8 Å². The van der Waals surface area contributed by atoms with Crippen LogP contribution in [0.25, 0.3) is 0 Å². The van der Waals surface area contributed by atoms with E-state index in [9.17, 15) is 0 Å². The van der Waals surface area contributed by atoms with E-state index in [0.29, 0.717) is 0 Å². The normalized spacial score (nSPS) is 15.4. The molecule has 0 aliphatic carbocycles. The van der Waals surface area contributed by atoms with Gasteiger partial charge in [0.1, 0.15) is 0 Å². The zero-order valence-corrected chi connectivity index (χ0v) is 7.83. The molecule has 0 atom stereocenters. The van der Waals surface area contributed by atoms with E-state index in [1.165, 1.54) is 0 Å². The Morgan fingerprint density at radius 1 is 1.62 bits per heavy atom. The molecule has 5 heteroatoms. The maximum absolute atomic E-state index is 4.24. The summed E-state index contributed by atoms with van der Waals surface area (Å²) in [7, 11) is 1.90. The summed E-state index contributed by atoms with van der Waals surface area (Å²) in [6.45, 7) is 3.74. The molecule has 70 valence electrons. The fraction of sp³-hybridized carbons (Fsp3) is 0.500. The van der Waals surface area contributed by atoms with Crippen LogP contribution in [-0.2, 0) is 7.05 Å². The number of nitrogens with zero attached hydrogens (tertiary/aromatic N) is 3. The van der Waals surface area contributed by atoms with E-state index in [1.807, 2.05) is 20.2 Å². The van der Waals surface area contributed by atoms with Crippen LogP contribution in [0.3, 0.4) is 0 Å². The second-order valence-corrected chi connectivity index (χ2v) is 3.08. The minimum Gasteiger partial charge on any atom is -0.354 e. The topological polar surface area (TPSA) is 54.2 Å². The lowest BCUT2D eigenvalue weighted by Crippen LogP contribution is -2.26.